The molecule has 1 aliphatic rings. The SMILES string of the molecule is Cc1sc(NC(=O)c2ccc(NC3CCN(C(=O)O)C3)nc2)nc1-c1ccccc1. The average molecular weight is 423 g/mol. The molecule has 0 radical (unpaired) electrons. The number of carbonyl (C=O) groups is 2. The molecule has 0 aliphatic carbocycles. The van der Waals surface area contributed by atoms with Gasteiger partial charge in [-0.3, -0.25) is 10.1 Å². The number of benzene rings is 1. The van der Waals surface area contributed by atoms with Gasteiger partial charge in [0.25, 0.3) is 5.91 Å². The van der Waals surface area contributed by atoms with Gasteiger partial charge in [0.05, 0.1) is 11.3 Å². The molecular formula is C21H21N5O3S. The molecule has 154 valence electrons. The van der Waals surface area contributed by atoms with Gasteiger partial charge in [-0.25, -0.2) is 14.8 Å². The fraction of sp³-hybridized carbons (Fsp3) is 0.238. The molecule has 0 spiro atoms. The van der Waals surface area contributed by atoms with Crippen molar-refractivity contribution in [1.29, 1.82) is 0 Å². The first-order valence-corrected chi connectivity index (χ1v) is 10.4. The van der Waals surface area contributed by atoms with Crippen molar-refractivity contribution in [2.24, 2.45) is 0 Å². The smallest absolute Gasteiger partial charge is 0.407 e. The highest BCUT2D eigenvalue weighted by Crippen LogP contribution is 2.30. The van der Waals surface area contributed by atoms with E-state index < -0.39 is 6.09 Å². The van der Waals surface area contributed by atoms with Crippen molar-refractivity contribution in [3.05, 3.63) is 59.1 Å². The van der Waals surface area contributed by atoms with Gasteiger partial charge in [-0.2, -0.15) is 0 Å². The predicted molar refractivity (Wildman–Crippen MR) is 116 cm³/mol. The molecule has 1 unspecified atom stereocenters. The number of aryl methyl sites for hydroxylation is 1. The molecule has 4 rings (SSSR count). The second-order valence-electron chi connectivity index (χ2n) is 7.03. The number of nitrogens with zero attached hydrogens (tertiary/aromatic N) is 3. The van der Waals surface area contributed by atoms with Gasteiger partial charge >= 0.3 is 6.09 Å². The second kappa shape index (κ2) is 8.50. The van der Waals surface area contributed by atoms with Crippen LogP contribution < -0.4 is 10.6 Å². The van der Waals surface area contributed by atoms with Gasteiger partial charge in [-0.15, -0.1) is 11.3 Å². The largest absolute Gasteiger partial charge is 0.465 e. The van der Waals surface area contributed by atoms with E-state index in [1.54, 1.807) is 12.1 Å². The number of pyridine rings is 1. The zero-order valence-electron chi connectivity index (χ0n) is 16.3. The first-order valence-electron chi connectivity index (χ1n) is 9.54. The first-order chi connectivity index (χ1) is 14.5. The summed E-state index contributed by atoms with van der Waals surface area (Å²) >= 11 is 1.43. The van der Waals surface area contributed by atoms with Crippen LogP contribution in [0.15, 0.2) is 48.7 Å². The number of rotatable bonds is 5. The zero-order chi connectivity index (χ0) is 21.1. The van der Waals surface area contributed by atoms with Crippen LogP contribution in [0.2, 0.25) is 0 Å². The molecule has 2 amide bonds. The number of likely N-dealkylation sites (tertiary alicyclic amines) is 1. The maximum Gasteiger partial charge on any atom is 0.407 e. The van der Waals surface area contributed by atoms with Gasteiger partial charge in [-0.1, -0.05) is 30.3 Å². The molecule has 9 heteroatoms. The monoisotopic (exact) mass is 423 g/mol. The van der Waals surface area contributed by atoms with E-state index in [9.17, 15) is 9.59 Å². The van der Waals surface area contributed by atoms with Gasteiger partial charge in [0.15, 0.2) is 5.13 Å². The summed E-state index contributed by atoms with van der Waals surface area (Å²) in [5.74, 6) is 0.334. The normalized spacial score (nSPS) is 15.8. The van der Waals surface area contributed by atoms with E-state index in [4.69, 9.17) is 5.11 Å². The van der Waals surface area contributed by atoms with Crippen LogP contribution in [0, 0.1) is 6.92 Å². The van der Waals surface area contributed by atoms with Gasteiger partial charge in [-0.05, 0) is 25.5 Å². The molecule has 1 saturated heterocycles. The van der Waals surface area contributed by atoms with Gasteiger partial charge in [0.1, 0.15) is 5.82 Å². The second-order valence-corrected chi connectivity index (χ2v) is 8.24. The summed E-state index contributed by atoms with van der Waals surface area (Å²) in [7, 11) is 0. The lowest BCUT2D eigenvalue weighted by Crippen LogP contribution is -2.30. The van der Waals surface area contributed by atoms with Crippen LogP contribution in [0.5, 0.6) is 0 Å². The number of amides is 2. The minimum atomic E-state index is -0.910. The summed E-state index contributed by atoms with van der Waals surface area (Å²) in [6.07, 6.45) is 1.32. The summed E-state index contributed by atoms with van der Waals surface area (Å²) in [5, 5.41) is 15.6. The quantitative estimate of drug-likeness (QED) is 0.574. The summed E-state index contributed by atoms with van der Waals surface area (Å²) in [4.78, 5) is 34.8. The summed E-state index contributed by atoms with van der Waals surface area (Å²) in [5.41, 5.74) is 2.30. The van der Waals surface area contributed by atoms with Crippen LogP contribution in [0.3, 0.4) is 0 Å². The van der Waals surface area contributed by atoms with Crippen molar-refractivity contribution >= 4 is 34.3 Å². The number of aromatic nitrogens is 2. The van der Waals surface area contributed by atoms with Crippen LogP contribution in [0.25, 0.3) is 11.3 Å². The Labute approximate surface area is 177 Å². The van der Waals surface area contributed by atoms with Crippen molar-refractivity contribution in [3.63, 3.8) is 0 Å². The molecule has 2 aromatic heterocycles. The standard InChI is InChI=1S/C21H21N5O3S/c1-13-18(14-5-3-2-4-6-14)24-20(30-13)25-19(27)15-7-8-17(22-11-15)23-16-9-10-26(12-16)21(28)29/h2-8,11,16H,9-10,12H2,1H3,(H,22,23)(H,28,29)(H,24,25,27). The van der Waals surface area contributed by atoms with Crippen LogP contribution in [-0.2, 0) is 0 Å². The average Bonchev–Trinajstić information content (AvgIpc) is 3.36. The Morgan fingerprint density at radius 1 is 1.20 bits per heavy atom. The Morgan fingerprint density at radius 3 is 2.67 bits per heavy atom. The van der Waals surface area contributed by atoms with Gasteiger partial charge < -0.3 is 15.3 Å². The van der Waals surface area contributed by atoms with Crippen LogP contribution in [0.4, 0.5) is 15.7 Å². The lowest BCUT2D eigenvalue weighted by molar-refractivity contribution is 0.102. The number of carboxylic acid groups (broad SMARTS) is 1. The Balaban J connectivity index is 1.38. The Kier molecular flexibility index (Phi) is 5.62. The van der Waals surface area contributed by atoms with E-state index in [-0.39, 0.29) is 11.9 Å². The van der Waals surface area contributed by atoms with E-state index in [1.807, 2.05) is 37.3 Å². The Bertz CT molecular complexity index is 1050. The van der Waals surface area contributed by atoms with E-state index in [0.717, 1.165) is 22.6 Å². The molecular weight excluding hydrogens is 402 g/mol. The first kappa shape index (κ1) is 19.8. The molecule has 0 saturated carbocycles. The molecule has 0 bridgehead atoms. The molecule has 30 heavy (non-hydrogen) atoms. The third-order valence-corrected chi connectivity index (χ3v) is 5.79. The minimum Gasteiger partial charge on any atom is -0.465 e. The van der Waals surface area contributed by atoms with Crippen LogP contribution in [0.1, 0.15) is 21.7 Å². The van der Waals surface area contributed by atoms with Gasteiger partial charge in [0, 0.05) is 35.8 Å². The third kappa shape index (κ3) is 4.41. The highest BCUT2D eigenvalue weighted by Gasteiger charge is 2.25. The van der Waals surface area contributed by atoms with Crippen LogP contribution >= 0.6 is 11.3 Å². The number of carbonyl (C=O) groups excluding carboxylic acids is 1. The molecule has 3 N–H and O–H groups in total. The van der Waals surface area contributed by atoms with Crippen molar-refractivity contribution < 1.29 is 14.7 Å². The lowest BCUT2D eigenvalue weighted by atomic mass is 10.1. The van der Waals surface area contributed by atoms with E-state index >= 15 is 0 Å². The lowest BCUT2D eigenvalue weighted by Gasteiger charge is -2.14. The Hall–Kier alpha value is -3.46. The number of thiazole rings is 1. The van der Waals surface area contributed by atoms with Gasteiger partial charge in [0.2, 0.25) is 0 Å². The predicted octanol–water partition coefficient (Wildman–Crippen LogP) is 3.93. The van der Waals surface area contributed by atoms with Crippen molar-refractivity contribution in [1.82, 2.24) is 14.9 Å². The van der Waals surface area contributed by atoms with E-state index in [0.29, 0.717) is 29.6 Å². The number of anilines is 2. The summed E-state index contributed by atoms with van der Waals surface area (Å²) in [6.45, 7) is 2.91. The molecule has 1 aromatic carbocycles. The summed E-state index contributed by atoms with van der Waals surface area (Å²) in [6, 6.07) is 13.3. The fourth-order valence-corrected chi connectivity index (χ4v) is 4.19. The molecule has 1 fully saturated rings. The molecule has 1 atom stereocenters. The van der Waals surface area contributed by atoms with Crippen molar-refractivity contribution in [2.45, 2.75) is 19.4 Å². The molecule has 8 nitrogen and oxygen atoms in total. The molecule has 3 heterocycles. The fourth-order valence-electron chi connectivity index (χ4n) is 3.36. The topological polar surface area (TPSA) is 107 Å². The van der Waals surface area contributed by atoms with E-state index in [2.05, 4.69) is 20.6 Å². The highest BCUT2D eigenvalue weighted by molar-refractivity contribution is 7.16. The van der Waals surface area contributed by atoms with E-state index in [1.165, 1.54) is 22.4 Å². The maximum atomic E-state index is 12.6. The van der Waals surface area contributed by atoms with Crippen LogP contribution in [-0.4, -0.2) is 51.1 Å². The Morgan fingerprint density at radius 2 is 2.00 bits per heavy atom. The zero-order valence-corrected chi connectivity index (χ0v) is 17.1. The summed E-state index contributed by atoms with van der Waals surface area (Å²) < 4.78 is 0. The molecule has 1 aliphatic heterocycles. The molecule has 3 aromatic rings. The maximum absolute atomic E-state index is 12.6. The minimum absolute atomic E-state index is 0.0166. The number of hydrogen-bond acceptors (Lipinski definition) is 6. The van der Waals surface area contributed by atoms with Crippen molar-refractivity contribution in [2.75, 3.05) is 23.7 Å². The number of nitrogens with one attached hydrogen (secondary N) is 2. The van der Waals surface area contributed by atoms with Crippen molar-refractivity contribution in [3.8, 4) is 11.3 Å². The third-order valence-electron chi connectivity index (χ3n) is 4.90. The number of hydrogen-bond donors (Lipinski definition) is 3. The highest BCUT2D eigenvalue weighted by atomic mass is 32.1.